The molecule has 1 atom stereocenters. The molecule has 4 nitrogen and oxygen atoms in total. The molecule has 1 rings (SSSR count). The molecular weight excluding hydrogens is 246 g/mol. The lowest BCUT2D eigenvalue weighted by atomic mass is 10.3. The summed E-state index contributed by atoms with van der Waals surface area (Å²) < 4.78 is 25.9. The molecule has 1 aromatic carbocycles. The van der Waals surface area contributed by atoms with Gasteiger partial charge in [0.1, 0.15) is 5.25 Å². The molecule has 0 aromatic heterocycles. The largest absolute Gasteiger partial charge is 0.395 e. The fraction of sp³-hybridized carbons (Fsp3) is 0.400. The molecule has 16 heavy (non-hydrogen) atoms. The Morgan fingerprint density at radius 2 is 2.06 bits per heavy atom. The Labute approximate surface area is 100 Å². The highest BCUT2D eigenvalue weighted by molar-refractivity contribution is 7.99. The lowest BCUT2D eigenvalue weighted by Crippen LogP contribution is -2.28. The van der Waals surface area contributed by atoms with Crippen LogP contribution in [0.15, 0.2) is 29.2 Å². The number of rotatable bonds is 5. The smallest absolute Gasteiger partial charge is 0.237 e. The Kier molecular flexibility index (Phi) is 4.64. The number of aliphatic hydroxyl groups is 1. The molecule has 6 heteroatoms. The third-order valence-corrected chi connectivity index (χ3v) is 4.65. The molecule has 0 saturated carbocycles. The summed E-state index contributed by atoms with van der Waals surface area (Å²) in [5.41, 5.74) is 0.551. The number of hydrogen-bond acceptors (Lipinski definition) is 4. The number of benzene rings is 1. The molecule has 0 aliphatic heterocycles. The first kappa shape index (κ1) is 13.3. The summed E-state index contributed by atoms with van der Waals surface area (Å²) in [5, 5.41) is 8.03. The van der Waals surface area contributed by atoms with Crippen molar-refractivity contribution in [3.8, 4) is 0 Å². The van der Waals surface area contributed by atoms with Crippen LogP contribution < -0.4 is 4.72 Å². The summed E-state index contributed by atoms with van der Waals surface area (Å²) in [6.07, 6.45) is 1.88. The summed E-state index contributed by atoms with van der Waals surface area (Å²) in [5.74, 6) is 0. The molecule has 1 aromatic rings. The summed E-state index contributed by atoms with van der Waals surface area (Å²) in [7, 11) is -3.51. The summed E-state index contributed by atoms with van der Waals surface area (Å²) >= 11 is 1.47. The van der Waals surface area contributed by atoms with Crippen molar-refractivity contribution in [3.63, 3.8) is 0 Å². The van der Waals surface area contributed by atoms with Crippen LogP contribution in [-0.4, -0.2) is 31.6 Å². The minimum absolute atomic E-state index is 0.392. The highest BCUT2D eigenvalue weighted by Crippen LogP contribution is 2.25. The van der Waals surface area contributed by atoms with Crippen LogP contribution in [0, 0.1) is 0 Å². The zero-order valence-electron chi connectivity index (χ0n) is 9.17. The number of sulfonamides is 1. The molecule has 0 aliphatic carbocycles. The van der Waals surface area contributed by atoms with Gasteiger partial charge >= 0.3 is 0 Å². The second-order valence-corrected chi connectivity index (χ2v) is 6.29. The van der Waals surface area contributed by atoms with E-state index < -0.39 is 21.9 Å². The van der Waals surface area contributed by atoms with Crippen molar-refractivity contribution in [2.24, 2.45) is 0 Å². The summed E-state index contributed by atoms with van der Waals surface area (Å²) in [6, 6.07) is 7.15. The number of para-hydroxylation sites is 1. The van der Waals surface area contributed by atoms with E-state index in [0.717, 1.165) is 4.90 Å². The highest BCUT2D eigenvalue weighted by atomic mass is 32.2. The van der Waals surface area contributed by atoms with Crippen molar-refractivity contribution in [2.75, 3.05) is 17.6 Å². The van der Waals surface area contributed by atoms with Crippen LogP contribution in [0.3, 0.4) is 0 Å². The van der Waals surface area contributed by atoms with E-state index in [-0.39, 0.29) is 0 Å². The Hall–Kier alpha value is -0.720. The number of anilines is 1. The van der Waals surface area contributed by atoms with Crippen LogP contribution in [0.1, 0.15) is 6.92 Å². The van der Waals surface area contributed by atoms with Crippen molar-refractivity contribution >= 4 is 27.5 Å². The van der Waals surface area contributed by atoms with Gasteiger partial charge in [-0.1, -0.05) is 12.1 Å². The van der Waals surface area contributed by atoms with Gasteiger partial charge in [0.2, 0.25) is 10.0 Å². The first-order valence-corrected chi connectivity index (χ1v) is 7.54. The minimum atomic E-state index is -3.51. The Balaban J connectivity index is 2.96. The summed E-state index contributed by atoms with van der Waals surface area (Å²) in [6.45, 7) is 1.07. The van der Waals surface area contributed by atoms with E-state index in [1.165, 1.54) is 18.7 Å². The first-order chi connectivity index (χ1) is 7.51. The van der Waals surface area contributed by atoms with Gasteiger partial charge in [-0.25, -0.2) is 8.42 Å². The van der Waals surface area contributed by atoms with Crippen molar-refractivity contribution in [3.05, 3.63) is 24.3 Å². The monoisotopic (exact) mass is 261 g/mol. The van der Waals surface area contributed by atoms with E-state index >= 15 is 0 Å². The molecule has 0 spiro atoms. The topological polar surface area (TPSA) is 66.4 Å². The molecule has 0 aliphatic rings. The number of thioether (sulfide) groups is 1. The lowest BCUT2D eigenvalue weighted by molar-refractivity contribution is 0.296. The van der Waals surface area contributed by atoms with E-state index in [2.05, 4.69) is 4.72 Å². The second-order valence-electron chi connectivity index (χ2n) is 3.34. The fourth-order valence-corrected chi connectivity index (χ4v) is 2.58. The first-order valence-electron chi connectivity index (χ1n) is 4.76. The molecule has 0 radical (unpaired) electrons. The van der Waals surface area contributed by atoms with Crippen molar-refractivity contribution in [1.29, 1.82) is 0 Å². The van der Waals surface area contributed by atoms with Crippen LogP contribution in [-0.2, 0) is 10.0 Å². The zero-order chi connectivity index (χ0) is 12.2. The molecule has 0 saturated heterocycles. The molecule has 0 fully saturated rings. The van der Waals surface area contributed by atoms with E-state index in [4.69, 9.17) is 5.11 Å². The Bertz CT molecular complexity index is 445. The van der Waals surface area contributed by atoms with Crippen molar-refractivity contribution in [1.82, 2.24) is 0 Å². The van der Waals surface area contributed by atoms with Gasteiger partial charge in [-0.2, -0.15) is 0 Å². The molecule has 90 valence electrons. The van der Waals surface area contributed by atoms with Crippen LogP contribution in [0.4, 0.5) is 5.69 Å². The predicted octanol–water partition coefficient (Wildman–Crippen LogP) is 1.53. The molecule has 0 amide bonds. The molecule has 1 unspecified atom stereocenters. The van der Waals surface area contributed by atoms with Gasteiger partial charge in [0, 0.05) is 4.90 Å². The van der Waals surface area contributed by atoms with Gasteiger partial charge in [-0.05, 0) is 25.3 Å². The van der Waals surface area contributed by atoms with Gasteiger partial charge in [0.15, 0.2) is 0 Å². The Morgan fingerprint density at radius 3 is 2.62 bits per heavy atom. The SMILES string of the molecule is CSc1ccccc1NS(=O)(=O)C(C)CO. The van der Waals surface area contributed by atoms with Gasteiger partial charge in [0.25, 0.3) is 0 Å². The van der Waals surface area contributed by atoms with Crippen molar-refractivity contribution in [2.45, 2.75) is 17.1 Å². The van der Waals surface area contributed by atoms with E-state index in [1.54, 1.807) is 12.1 Å². The molecule has 0 heterocycles. The Morgan fingerprint density at radius 1 is 1.44 bits per heavy atom. The maximum atomic E-state index is 11.7. The fourth-order valence-electron chi connectivity index (χ4n) is 1.08. The molecule has 0 bridgehead atoms. The third-order valence-electron chi connectivity index (χ3n) is 2.15. The maximum absolute atomic E-state index is 11.7. The van der Waals surface area contributed by atoms with Gasteiger partial charge in [-0.15, -0.1) is 11.8 Å². The highest BCUT2D eigenvalue weighted by Gasteiger charge is 2.20. The van der Waals surface area contributed by atoms with Crippen LogP contribution in [0.25, 0.3) is 0 Å². The van der Waals surface area contributed by atoms with E-state index in [9.17, 15) is 8.42 Å². The lowest BCUT2D eigenvalue weighted by Gasteiger charge is -2.14. The normalized spacial score (nSPS) is 13.4. The summed E-state index contributed by atoms with van der Waals surface area (Å²) in [4.78, 5) is 0.858. The van der Waals surface area contributed by atoms with Crippen molar-refractivity contribution < 1.29 is 13.5 Å². The van der Waals surface area contributed by atoms with Gasteiger partial charge in [0.05, 0.1) is 12.3 Å². The van der Waals surface area contributed by atoms with Crippen LogP contribution in [0.2, 0.25) is 0 Å². The third kappa shape index (κ3) is 3.13. The average Bonchev–Trinajstić information content (AvgIpc) is 2.28. The number of nitrogens with one attached hydrogen (secondary N) is 1. The maximum Gasteiger partial charge on any atom is 0.237 e. The van der Waals surface area contributed by atoms with Gasteiger partial charge < -0.3 is 5.11 Å². The number of hydrogen-bond donors (Lipinski definition) is 2. The van der Waals surface area contributed by atoms with E-state index in [1.807, 2.05) is 18.4 Å². The second kappa shape index (κ2) is 5.56. The van der Waals surface area contributed by atoms with E-state index in [0.29, 0.717) is 5.69 Å². The average molecular weight is 261 g/mol. The molecule has 2 N–H and O–H groups in total. The minimum Gasteiger partial charge on any atom is -0.395 e. The van der Waals surface area contributed by atoms with Gasteiger partial charge in [-0.3, -0.25) is 4.72 Å². The molecular formula is C10H15NO3S2. The number of aliphatic hydroxyl groups excluding tert-OH is 1. The quantitative estimate of drug-likeness (QED) is 0.789. The predicted molar refractivity (Wildman–Crippen MR) is 67.3 cm³/mol. The zero-order valence-corrected chi connectivity index (χ0v) is 10.8. The van der Waals surface area contributed by atoms with Crippen LogP contribution >= 0.6 is 11.8 Å². The van der Waals surface area contributed by atoms with Crippen LogP contribution in [0.5, 0.6) is 0 Å². The standard InChI is InChI=1S/C10H15NO3S2/c1-8(7-12)16(13,14)11-9-5-3-4-6-10(9)15-2/h3-6,8,11-12H,7H2,1-2H3.